The Labute approximate surface area is 134 Å². The number of hydrogen-bond donors (Lipinski definition) is 1. The quantitative estimate of drug-likeness (QED) is 0.774. The zero-order valence-electron chi connectivity index (χ0n) is 14.3. The highest BCUT2D eigenvalue weighted by atomic mass is 32.2. The minimum atomic E-state index is -4.22. The zero-order valence-corrected chi connectivity index (χ0v) is 15.1. The zero-order chi connectivity index (χ0) is 16.4. The Kier molecular flexibility index (Phi) is 3.75. The van der Waals surface area contributed by atoms with Crippen LogP contribution in [0.4, 0.5) is 0 Å². The monoisotopic (exact) mass is 330 g/mol. The van der Waals surface area contributed by atoms with Gasteiger partial charge in [0.2, 0.25) is 0 Å². The van der Waals surface area contributed by atoms with Crippen LogP contribution < -0.4 is 0 Å². The largest absolute Gasteiger partial charge is 0.351 e. The van der Waals surface area contributed by atoms with Crippen LogP contribution in [-0.4, -0.2) is 23.5 Å². The first-order chi connectivity index (χ1) is 9.90. The van der Waals surface area contributed by atoms with E-state index in [4.69, 9.17) is 4.74 Å². The van der Waals surface area contributed by atoms with E-state index in [1.165, 1.54) is 52.4 Å². The predicted octanol–water partition coefficient (Wildman–Crippen LogP) is 4.01. The topological polar surface area (TPSA) is 63.6 Å². The molecule has 0 aromatic heterocycles. The standard InChI is InChI=1S/C17H30O4S/c1-15(2,21-16(3,4)22(18,19)20)11-17-8-12-5-13(9-17)7-14(6-12)10-17/h12-14H,5-11H2,1-4H3,(H,18,19,20). The van der Waals surface area contributed by atoms with Crippen LogP contribution in [0.1, 0.15) is 72.6 Å². The third kappa shape index (κ3) is 3.09. The second-order valence-electron chi connectivity index (χ2n) is 9.33. The van der Waals surface area contributed by atoms with Gasteiger partial charge in [-0.2, -0.15) is 8.42 Å². The van der Waals surface area contributed by atoms with E-state index in [9.17, 15) is 13.0 Å². The van der Waals surface area contributed by atoms with Crippen molar-refractivity contribution in [2.45, 2.75) is 83.2 Å². The lowest BCUT2D eigenvalue weighted by Gasteiger charge is -2.58. The van der Waals surface area contributed by atoms with E-state index < -0.39 is 20.7 Å². The van der Waals surface area contributed by atoms with Gasteiger partial charge in [-0.1, -0.05) is 0 Å². The summed E-state index contributed by atoms with van der Waals surface area (Å²) in [5, 5.41) is 0. The molecule has 128 valence electrons. The van der Waals surface area contributed by atoms with E-state index in [0.717, 1.165) is 24.2 Å². The predicted molar refractivity (Wildman–Crippen MR) is 86.0 cm³/mol. The fourth-order valence-electron chi connectivity index (χ4n) is 6.16. The van der Waals surface area contributed by atoms with Gasteiger partial charge in [-0.25, -0.2) is 0 Å². The van der Waals surface area contributed by atoms with Gasteiger partial charge in [0.05, 0.1) is 5.60 Å². The van der Waals surface area contributed by atoms with Crippen LogP contribution in [-0.2, 0) is 14.9 Å². The fraction of sp³-hybridized carbons (Fsp3) is 1.00. The van der Waals surface area contributed by atoms with Crippen molar-refractivity contribution in [3.8, 4) is 0 Å². The fourth-order valence-corrected chi connectivity index (χ4v) is 6.49. The van der Waals surface area contributed by atoms with Crippen LogP contribution in [0.2, 0.25) is 0 Å². The van der Waals surface area contributed by atoms with Crippen molar-refractivity contribution in [1.29, 1.82) is 0 Å². The lowest BCUT2D eigenvalue weighted by atomic mass is 9.48. The number of ether oxygens (including phenoxy) is 1. The lowest BCUT2D eigenvalue weighted by Crippen LogP contribution is -2.51. The molecular formula is C17H30O4S. The molecule has 22 heavy (non-hydrogen) atoms. The summed E-state index contributed by atoms with van der Waals surface area (Å²) in [5.74, 6) is 2.62. The SMILES string of the molecule is CC(C)(CC12CC3CC(CC(C3)C1)C2)OC(C)(C)S(=O)(=O)O. The average Bonchev–Trinajstić information content (AvgIpc) is 2.20. The molecule has 0 aromatic rings. The van der Waals surface area contributed by atoms with Gasteiger partial charge in [-0.15, -0.1) is 0 Å². The summed E-state index contributed by atoms with van der Waals surface area (Å²) in [7, 11) is -4.22. The van der Waals surface area contributed by atoms with Crippen LogP contribution in [0.3, 0.4) is 0 Å². The molecule has 0 heterocycles. The molecule has 4 nitrogen and oxygen atoms in total. The first kappa shape index (κ1) is 16.7. The molecule has 4 bridgehead atoms. The van der Waals surface area contributed by atoms with Gasteiger partial charge in [-0.05, 0) is 95.8 Å². The first-order valence-corrected chi connectivity index (χ1v) is 10.0. The van der Waals surface area contributed by atoms with Crippen molar-refractivity contribution < 1.29 is 17.7 Å². The maximum atomic E-state index is 11.5. The smallest absolute Gasteiger partial charge is 0.294 e. The third-order valence-electron chi connectivity index (χ3n) is 6.11. The van der Waals surface area contributed by atoms with Crippen LogP contribution in [0.25, 0.3) is 0 Å². The molecule has 0 aliphatic heterocycles. The Hall–Kier alpha value is -0.130. The van der Waals surface area contributed by atoms with Crippen LogP contribution >= 0.6 is 0 Å². The highest BCUT2D eigenvalue weighted by Crippen LogP contribution is 2.62. The summed E-state index contributed by atoms with van der Waals surface area (Å²) in [6.07, 6.45) is 8.92. The van der Waals surface area contributed by atoms with Gasteiger partial charge >= 0.3 is 0 Å². The Morgan fingerprint density at radius 2 is 1.41 bits per heavy atom. The summed E-state index contributed by atoms with van der Waals surface area (Å²) in [6.45, 7) is 6.81. The molecule has 4 aliphatic carbocycles. The van der Waals surface area contributed by atoms with Gasteiger partial charge in [0, 0.05) is 0 Å². The highest BCUT2D eigenvalue weighted by molar-refractivity contribution is 7.87. The molecule has 5 heteroatoms. The van der Waals surface area contributed by atoms with E-state index in [1.54, 1.807) is 0 Å². The van der Waals surface area contributed by atoms with Crippen LogP contribution in [0, 0.1) is 23.2 Å². The molecule has 0 aromatic carbocycles. The van der Waals surface area contributed by atoms with E-state index >= 15 is 0 Å². The van der Waals surface area contributed by atoms with Crippen LogP contribution in [0.15, 0.2) is 0 Å². The molecule has 0 spiro atoms. The summed E-state index contributed by atoms with van der Waals surface area (Å²) < 4.78 is 38.3. The number of rotatable bonds is 5. The van der Waals surface area contributed by atoms with E-state index in [-0.39, 0.29) is 0 Å². The van der Waals surface area contributed by atoms with Crippen LogP contribution in [0.5, 0.6) is 0 Å². The minimum absolute atomic E-state index is 0.327. The van der Waals surface area contributed by atoms with Gasteiger partial charge < -0.3 is 4.74 Å². The van der Waals surface area contributed by atoms with E-state index in [0.29, 0.717) is 5.41 Å². The molecule has 4 rings (SSSR count). The van der Waals surface area contributed by atoms with Crippen molar-refractivity contribution in [3.63, 3.8) is 0 Å². The molecule has 1 N–H and O–H groups in total. The molecule has 0 unspecified atom stereocenters. The van der Waals surface area contributed by atoms with Crippen molar-refractivity contribution in [3.05, 3.63) is 0 Å². The van der Waals surface area contributed by atoms with Crippen molar-refractivity contribution in [2.75, 3.05) is 0 Å². The third-order valence-corrected chi connectivity index (χ3v) is 7.43. The normalized spacial score (nSPS) is 38.5. The molecule has 4 saturated carbocycles. The number of hydrogen-bond acceptors (Lipinski definition) is 3. The minimum Gasteiger partial charge on any atom is -0.351 e. The summed E-state index contributed by atoms with van der Waals surface area (Å²) in [5.41, 5.74) is -0.224. The highest BCUT2D eigenvalue weighted by Gasteiger charge is 2.53. The van der Waals surface area contributed by atoms with Crippen molar-refractivity contribution in [2.24, 2.45) is 23.2 Å². The second kappa shape index (κ2) is 4.93. The molecule has 4 fully saturated rings. The molecule has 0 radical (unpaired) electrons. The maximum absolute atomic E-state index is 11.5. The Morgan fingerprint density at radius 3 is 1.77 bits per heavy atom. The summed E-state index contributed by atoms with van der Waals surface area (Å²) in [4.78, 5) is -1.56. The van der Waals surface area contributed by atoms with E-state index in [1.807, 2.05) is 13.8 Å². The Morgan fingerprint density at radius 1 is 1.00 bits per heavy atom. The van der Waals surface area contributed by atoms with Crippen molar-refractivity contribution >= 4 is 10.1 Å². The lowest BCUT2D eigenvalue weighted by molar-refractivity contribution is -0.140. The van der Waals surface area contributed by atoms with Gasteiger partial charge in [0.15, 0.2) is 4.93 Å². The van der Waals surface area contributed by atoms with Crippen molar-refractivity contribution in [1.82, 2.24) is 0 Å². The molecule has 0 atom stereocenters. The molecular weight excluding hydrogens is 300 g/mol. The van der Waals surface area contributed by atoms with Gasteiger partial charge in [0.1, 0.15) is 0 Å². The average molecular weight is 330 g/mol. The Balaban J connectivity index is 1.74. The molecule has 0 amide bonds. The second-order valence-corrected chi connectivity index (χ2v) is 11.3. The summed E-state index contributed by atoms with van der Waals surface area (Å²) in [6, 6.07) is 0. The van der Waals surface area contributed by atoms with Gasteiger partial charge in [-0.3, -0.25) is 4.55 Å². The van der Waals surface area contributed by atoms with E-state index in [2.05, 4.69) is 0 Å². The molecule has 0 saturated heterocycles. The Bertz CT molecular complexity index is 512. The maximum Gasteiger partial charge on any atom is 0.294 e. The first-order valence-electron chi connectivity index (χ1n) is 8.57. The van der Waals surface area contributed by atoms with Gasteiger partial charge in [0.25, 0.3) is 10.1 Å². The summed E-state index contributed by atoms with van der Waals surface area (Å²) >= 11 is 0. The molecule has 4 aliphatic rings.